The number of sulfonamides is 1. The number of anilines is 2. The third-order valence-electron chi connectivity index (χ3n) is 5.75. The normalized spacial score (nSPS) is 14.6. The molecule has 1 fully saturated rings. The highest BCUT2D eigenvalue weighted by molar-refractivity contribution is 7.89. The van der Waals surface area contributed by atoms with E-state index in [1.54, 1.807) is 36.5 Å². The molecule has 1 aliphatic rings. The van der Waals surface area contributed by atoms with Crippen molar-refractivity contribution in [1.82, 2.24) is 14.3 Å². The second-order valence-electron chi connectivity index (χ2n) is 7.92. The fourth-order valence-corrected chi connectivity index (χ4v) is 5.32. The molecule has 1 N–H and O–H groups in total. The van der Waals surface area contributed by atoms with Crippen molar-refractivity contribution >= 4 is 38.1 Å². The van der Waals surface area contributed by atoms with E-state index in [1.807, 2.05) is 24.3 Å². The van der Waals surface area contributed by atoms with Crippen molar-refractivity contribution < 1.29 is 18.1 Å². The summed E-state index contributed by atoms with van der Waals surface area (Å²) >= 11 is 0. The number of morpholine rings is 1. The molecular formula is C24H21N5O5S. The Balaban J connectivity index is 1.43. The van der Waals surface area contributed by atoms with Gasteiger partial charge in [0.2, 0.25) is 10.0 Å². The van der Waals surface area contributed by atoms with Gasteiger partial charge in [0.15, 0.2) is 6.20 Å². The van der Waals surface area contributed by atoms with Crippen molar-refractivity contribution in [2.45, 2.75) is 4.90 Å². The topological polar surface area (TPSA) is 128 Å². The Hall–Kier alpha value is -3.93. The fourth-order valence-electron chi connectivity index (χ4n) is 3.91. The zero-order valence-corrected chi connectivity index (χ0v) is 19.3. The quantitative estimate of drug-likeness (QED) is 0.317. The van der Waals surface area contributed by atoms with Crippen LogP contribution in [0.5, 0.6) is 0 Å². The van der Waals surface area contributed by atoms with Crippen molar-refractivity contribution in [2.75, 3.05) is 31.6 Å². The Labute approximate surface area is 201 Å². The van der Waals surface area contributed by atoms with Gasteiger partial charge in [-0.05, 0) is 57.4 Å². The van der Waals surface area contributed by atoms with E-state index in [0.29, 0.717) is 32.0 Å². The molecule has 0 saturated carbocycles. The van der Waals surface area contributed by atoms with E-state index in [1.165, 1.54) is 16.6 Å². The molecular weight excluding hydrogens is 470 g/mol. The number of aromatic nitrogens is 2. The lowest BCUT2D eigenvalue weighted by molar-refractivity contribution is -0.389. The number of pyridine rings is 2. The van der Waals surface area contributed by atoms with Crippen LogP contribution in [0.3, 0.4) is 0 Å². The molecule has 1 saturated heterocycles. The van der Waals surface area contributed by atoms with E-state index >= 15 is 0 Å². The van der Waals surface area contributed by atoms with Gasteiger partial charge in [-0.25, -0.2) is 8.42 Å². The van der Waals surface area contributed by atoms with Gasteiger partial charge in [0, 0.05) is 36.4 Å². The molecule has 1 aliphatic heterocycles. The van der Waals surface area contributed by atoms with E-state index in [2.05, 4.69) is 15.3 Å². The molecule has 0 bridgehead atoms. The number of nitrogens with zero attached hydrogens (tertiary/aromatic N) is 4. The standard InChI is InChI=1S/C24H21N5O5S/c30-29(31)24-8-4-19(16-26-24)27-23-9-10-25-22-7-3-18(15-21(22)23)17-1-5-20(6-2-17)35(32,33)28-11-13-34-14-12-28/h1-10,15-16H,11-14H2,(H,25,27). The summed E-state index contributed by atoms with van der Waals surface area (Å²) in [6, 6.07) is 17.3. The summed E-state index contributed by atoms with van der Waals surface area (Å²) in [5.74, 6) is -0.225. The highest BCUT2D eigenvalue weighted by atomic mass is 32.2. The van der Waals surface area contributed by atoms with E-state index in [-0.39, 0.29) is 10.7 Å². The average Bonchev–Trinajstić information content (AvgIpc) is 2.89. The fraction of sp³-hybridized carbons (Fsp3) is 0.167. The summed E-state index contributed by atoms with van der Waals surface area (Å²) in [5, 5.41) is 14.9. The lowest BCUT2D eigenvalue weighted by Gasteiger charge is -2.26. The number of hydrogen-bond donors (Lipinski definition) is 1. The number of benzene rings is 2. The molecule has 0 unspecified atom stereocenters. The van der Waals surface area contributed by atoms with Crippen LogP contribution in [-0.2, 0) is 14.8 Å². The van der Waals surface area contributed by atoms with Crippen LogP contribution in [0.4, 0.5) is 17.2 Å². The van der Waals surface area contributed by atoms with Crippen LogP contribution in [0, 0.1) is 10.1 Å². The molecule has 0 amide bonds. The number of ether oxygens (including phenoxy) is 1. The van der Waals surface area contributed by atoms with Gasteiger partial charge >= 0.3 is 5.82 Å². The van der Waals surface area contributed by atoms with Gasteiger partial charge in [0.1, 0.15) is 0 Å². The summed E-state index contributed by atoms with van der Waals surface area (Å²) in [6.07, 6.45) is 3.08. The van der Waals surface area contributed by atoms with Crippen molar-refractivity contribution in [3.63, 3.8) is 0 Å². The second kappa shape index (κ2) is 9.37. The van der Waals surface area contributed by atoms with Gasteiger partial charge < -0.3 is 20.2 Å². The van der Waals surface area contributed by atoms with Crippen molar-refractivity contribution in [3.8, 4) is 11.1 Å². The first-order chi connectivity index (χ1) is 16.9. The third-order valence-corrected chi connectivity index (χ3v) is 7.66. The van der Waals surface area contributed by atoms with Crippen molar-refractivity contribution in [3.05, 3.63) is 83.2 Å². The van der Waals surface area contributed by atoms with Gasteiger partial charge in [0.05, 0.1) is 29.3 Å². The molecule has 178 valence electrons. The van der Waals surface area contributed by atoms with Gasteiger partial charge in [-0.3, -0.25) is 4.98 Å². The minimum absolute atomic E-state index is 0.225. The molecule has 0 aliphatic carbocycles. The second-order valence-corrected chi connectivity index (χ2v) is 9.86. The molecule has 10 nitrogen and oxygen atoms in total. The van der Waals surface area contributed by atoms with Crippen LogP contribution in [0.2, 0.25) is 0 Å². The Bertz CT molecular complexity index is 1490. The van der Waals surface area contributed by atoms with Crippen LogP contribution >= 0.6 is 0 Å². The van der Waals surface area contributed by atoms with E-state index in [9.17, 15) is 18.5 Å². The van der Waals surface area contributed by atoms with E-state index < -0.39 is 14.9 Å². The van der Waals surface area contributed by atoms with Crippen LogP contribution in [-0.4, -0.2) is 53.9 Å². The first-order valence-electron chi connectivity index (χ1n) is 10.9. The SMILES string of the molecule is O=[N+]([O-])c1ccc(Nc2ccnc3ccc(-c4ccc(S(=O)(=O)N5CCOCC5)cc4)cc23)cn1. The molecule has 0 radical (unpaired) electrons. The van der Waals surface area contributed by atoms with Crippen LogP contribution in [0.25, 0.3) is 22.0 Å². The zero-order chi connectivity index (χ0) is 24.4. The Morgan fingerprint density at radius 3 is 2.37 bits per heavy atom. The predicted octanol–water partition coefficient (Wildman–Crippen LogP) is 3.97. The molecule has 11 heteroatoms. The summed E-state index contributed by atoms with van der Waals surface area (Å²) in [7, 11) is -3.56. The highest BCUT2D eigenvalue weighted by Gasteiger charge is 2.26. The smallest absolute Gasteiger partial charge is 0.363 e. The largest absolute Gasteiger partial charge is 0.379 e. The van der Waals surface area contributed by atoms with Crippen molar-refractivity contribution in [2.24, 2.45) is 0 Å². The summed E-state index contributed by atoms with van der Waals surface area (Å²) in [6.45, 7) is 1.49. The van der Waals surface area contributed by atoms with Crippen LogP contribution in [0.15, 0.2) is 78.0 Å². The highest BCUT2D eigenvalue weighted by Crippen LogP contribution is 2.31. The minimum atomic E-state index is -3.56. The average molecular weight is 492 g/mol. The minimum Gasteiger partial charge on any atom is -0.379 e. The number of hydrogen-bond acceptors (Lipinski definition) is 8. The lowest BCUT2D eigenvalue weighted by Crippen LogP contribution is -2.40. The molecule has 2 aromatic carbocycles. The first kappa shape index (κ1) is 22.8. The Morgan fingerprint density at radius 2 is 1.69 bits per heavy atom. The summed E-state index contributed by atoms with van der Waals surface area (Å²) in [5.41, 5.74) is 3.88. The number of nitro groups is 1. The summed E-state index contributed by atoms with van der Waals surface area (Å²) < 4.78 is 32.5. The van der Waals surface area contributed by atoms with E-state index in [4.69, 9.17) is 4.74 Å². The maximum absolute atomic E-state index is 12.9. The molecule has 4 aromatic rings. The third kappa shape index (κ3) is 4.69. The van der Waals surface area contributed by atoms with Gasteiger partial charge in [-0.2, -0.15) is 4.31 Å². The molecule has 35 heavy (non-hydrogen) atoms. The maximum Gasteiger partial charge on any atom is 0.363 e. The van der Waals surface area contributed by atoms with E-state index in [0.717, 1.165) is 27.7 Å². The summed E-state index contributed by atoms with van der Waals surface area (Å²) in [4.78, 5) is 18.8. The predicted molar refractivity (Wildman–Crippen MR) is 131 cm³/mol. The Kier molecular flexibility index (Phi) is 6.12. The van der Waals surface area contributed by atoms with Crippen LogP contribution in [0.1, 0.15) is 0 Å². The zero-order valence-electron chi connectivity index (χ0n) is 18.5. The molecule has 3 heterocycles. The molecule has 0 spiro atoms. The van der Waals surface area contributed by atoms with Crippen LogP contribution < -0.4 is 5.32 Å². The lowest BCUT2D eigenvalue weighted by atomic mass is 10.0. The van der Waals surface area contributed by atoms with Gasteiger partial charge in [0.25, 0.3) is 0 Å². The number of fused-ring (bicyclic) bond motifs is 1. The van der Waals surface area contributed by atoms with Crippen molar-refractivity contribution in [1.29, 1.82) is 0 Å². The monoisotopic (exact) mass is 491 g/mol. The first-order valence-corrected chi connectivity index (χ1v) is 12.3. The Morgan fingerprint density at radius 1 is 0.943 bits per heavy atom. The maximum atomic E-state index is 12.9. The molecule has 0 atom stereocenters. The van der Waals surface area contributed by atoms with Gasteiger partial charge in [-0.15, -0.1) is 0 Å². The van der Waals surface area contributed by atoms with Gasteiger partial charge in [-0.1, -0.05) is 18.2 Å². The number of rotatable bonds is 6. The molecule has 2 aromatic heterocycles. The molecule has 5 rings (SSSR count). The number of nitrogens with one attached hydrogen (secondary N) is 1.